The van der Waals surface area contributed by atoms with E-state index < -0.39 is 5.41 Å². The summed E-state index contributed by atoms with van der Waals surface area (Å²) in [6.07, 6.45) is 0. The Hall–Kier alpha value is -1.39. The summed E-state index contributed by atoms with van der Waals surface area (Å²) in [5.74, 6) is -0.00263. The average Bonchev–Trinajstić information content (AvgIpc) is 2.29. The van der Waals surface area contributed by atoms with Crippen LogP contribution in [0.2, 0.25) is 0 Å². The molecule has 0 atom stereocenters. The van der Waals surface area contributed by atoms with E-state index in [0.717, 1.165) is 5.56 Å². The molecule has 0 aromatic heterocycles. The molecule has 1 fully saturated rings. The largest absolute Gasteiger partial charge is 0.379 e. The summed E-state index contributed by atoms with van der Waals surface area (Å²) in [4.78, 5) is 12.1. The van der Waals surface area contributed by atoms with Gasteiger partial charge in [-0.15, -0.1) is 0 Å². The maximum Gasteiger partial charge on any atom is 0.232 e. The first kappa shape index (κ1) is 13.1. The molecule has 1 aliphatic rings. The molecule has 1 aromatic rings. The van der Waals surface area contributed by atoms with E-state index in [1.54, 1.807) is 0 Å². The third-order valence-electron chi connectivity index (χ3n) is 3.57. The molecule has 1 aliphatic heterocycles. The quantitative estimate of drug-likeness (QED) is 0.832. The molecule has 0 saturated carbocycles. The van der Waals surface area contributed by atoms with Gasteiger partial charge >= 0.3 is 0 Å². The summed E-state index contributed by atoms with van der Waals surface area (Å²) in [5.41, 5.74) is 8.69. The summed E-state index contributed by atoms with van der Waals surface area (Å²) in [6.45, 7) is 5.85. The fourth-order valence-corrected chi connectivity index (χ4v) is 2.04. The van der Waals surface area contributed by atoms with E-state index in [-0.39, 0.29) is 5.91 Å². The third kappa shape index (κ3) is 2.40. The van der Waals surface area contributed by atoms with Crippen LogP contribution in [0, 0.1) is 19.3 Å². The molecule has 0 spiro atoms. The average molecular weight is 248 g/mol. The molecule has 0 bridgehead atoms. The van der Waals surface area contributed by atoms with Gasteiger partial charge in [-0.2, -0.15) is 0 Å². The van der Waals surface area contributed by atoms with Gasteiger partial charge in [-0.25, -0.2) is 0 Å². The molecule has 1 amide bonds. The number of aryl methyl sites for hydroxylation is 2. The van der Waals surface area contributed by atoms with Crippen molar-refractivity contribution in [3.63, 3.8) is 0 Å². The smallest absolute Gasteiger partial charge is 0.232 e. The Labute approximate surface area is 108 Å². The lowest BCUT2D eigenvalue weighted by atomic mass is 9.85. The highest BCUT2D eigenvalue weighted by Gasteiger charge is 2.44. The molecule has 1 heterocycles. The predicted molar refractivity (Wildman–Crippen MR) is 70.1 cm³/mol. The van der Waals surface area contributed by atoms with Crippen LogP contribution in [-0.4, -0.2) is 25.7 Å². The number of amides is 1. The molecular weight excluding hydrogens is 228 g/mol. The standard InChI is InChI=1S/C14H20N2O2/c1-10-3-4-11(2)12(5-10)6-16-13(17)14(7-15)8-18-9-14/h3-5H,6-9,15H2,1-2H3,(H,16,17). The van der Waals surface area contributed by atoms with Crippen LogP contribution in [0.15, 0.2) is 18.2 Å². The van der Waals surface area contributed by atoms with Gasteiger partial charge in [-0.05, 0) is 25.0 Å². The maximum atomic E-state index is 12.1. The predicted octanol–water partition coefficient (Wildman–Crippen LogP) is 0.895. The minimum Gasteiger partial charge on any atom is -0.379 e. The fourth-order valence-electron chi connectivity index (χ4n) is 2.04. The van der Waals surface area contributed by atoms with Crippen LogP contribution in [0.1, 0.15) is 16.7 Å². The van der Waals surface area contributed by atoms with Crippen molar-refractivity contribution < 1.29 is 9.53 Å². The molecule has 1 saturated heterocycles. The number of nitrogens with one attached hydrogen (secondary N) is 1. The van der Waals surface area contributed by atoms with Crippen molar-refractivity contribution in [2.45, 2.75) is 20.4 Å². The Balaban J connectivity index is 1.99. The van der Waals surface area contributed by atoms with Gasteiger partial charge in [-0.1, -0.05) is 23.8 Å². The summed E-state index contributed by atoms with van der Waals surface area (Å²) >= 11 is 0. The molecule has 2 rings (SSSR count). The number of benzene rings is 1. The summed E-state index contributed by atoms with van der Waals surface area (Å²) in [7, 11) is 0. The highest BCUT2D eigenvalue weighted by atomic mass is 16.5. The van der Waals surface area contributed by atoms with Gasteiger partial charge in [0.1, 0.15) is 5.41 Å². The molecule has 98 valence electrons. The van der Waals surface area contributed by atoms with Crippen molar-refractivity contribution in [1.29, 1.82) is 0 Å². The van der Waals surface area contributed by atoms with E-state index in [1.807, 2.05) is 13.8 Å². The number of carbonyl (C=O) groups is 1. The van der Waals surface area contributed by atoms with Crippen LogP contribution in [0.5, 0.6) is 0 Å². The van der Waals surface area contributed by atoms with E-state index in [9.17, 15) is 4.79 Å². The Morgan fingerprint density at radius 2 is 2.17 bits per heavy atom. The second-order valence-corrected chi connectivity index (χ2v) is 5.09. The topological polar surface area (TPSA) is 64.4 Å². The zero-order valence-electron chi connectivity index (χ0n) is 11.0. The number of ether oxygens (including phenoxy) is 1. The monoisotopic (exact) mass is 248 g/mol. The van der Waals surface area contributed by atoms with E-state index in [2.05, 4.69) is 23.5 Å². The van der Waals surface area contributed by atoms with Gasteiger partial charge in [0.25, 0.3) is 0 Å². The van der Waals surface area contributed by atoms with Crippen molar-refractivity contribution >= 4 is 5.91 Å². The van der Waals surface area contributed by atoms with Gasteiger partial charge in [0.2, 0.25) is 5.91 Å². The lowest BCUT2D eigenvalue weighted by Gasteiger charge is -2.38. The van der Waals surface area contributed by atoms with Crippen molar-refractivity contribution in [3.05, 3.63) is 34.9 Å². The fraction of sp³-hybridized carbons (Fsp3) is 0.500. The molecular formula is C14H20N2O2. The zero-order chi connectivity index (χ0) is 13.2. The molecule has 0 radical (unpaired) electrons. The molecule has 18 heavy (non-hydrogen) atoms. The highest BCUT2D eigenvalue weighted by molar-refractivity contribution is 5.84. The van der Waals surface area contributed by atoms with Gasteiger partial charge in [0, 0.05) is 13.1 Å². The van der Waals surface area contributed by atoms with Gasteiger partial charge in [-0.3, -0.25) is 4.79 Å². The molecule has 0 unspecified atom stereocenters. The lowest BCUT2D eigenvalue weighted by Crippen LogP contribution is -2.58. The SMILES string of the molecule is Cc1ccc(C)c(CNC(=O)C2(CN)COC2)c1. The number of hydrogen-bond acceptors (Lipinski definition) is 3. The molecule has 4 nitrogen and oxygen atoms in total. The van der Waals surface area contributed by atoms with E-state index in [4.69, 9.17) is 10.5 Å². The minimum absolute atomic E-state index is 0.00263. The van der Waals surface area contributed by atoms with Gasteiger partial charge in [0.15, 0.2) is 0 Å². The first-order valence-corrected chi connectivity index (χ1v) is 6.20. The molecule has 1 aromatic carbocycles. The Morgan fingerprint density at radius 1 is 1.44 bits per heavy atom. The second kappa shape index (κ2) is 5.08. The maximum absolute atomic E-state index is 12.1. The minimum atomic E-state index is -0.502. The first-order chi connectivity index (χ1) is 8.57. The number of nitrogens with two attached hydrogens (primary N) is 1. The van der Waals surface area contributed by atoms with Crippen LogP contribution < -0.4 is 11.1 Å². The van der Waals surface area contributed by atoms with Crippen molar-refractivity contribution in [1.82, 2.24) is 5.32 Å². The number of hydrogen-bond donors (Lipinski definition) is 2. The van der Waals surface area contributed by atoms with Gasteiger partial charge < -0.3 is 15.8 Å². The van der Waals surface area contributed by atoms with E-state index >= 15 is 0 Å². The summed E-state index contributed by atoms with van der Waals surface area (Å²) in [5, 5.41) is 2.96. The Kier molecular flexibility index (Phi) is 3.68. The lowest BCUT2D eigenvalue weighted by molar-refractivity contribution is -0.159. The number of carbonyl (C=O) groups excluding carboxylic acids is 1. The third-order valence-corrected chi connectivity index (χ3v) is 3.57. The van der Waals surface area contributed by atoms with Crippen LogP contribution >= 0.6 is 0 Å². The van der Waals surface area contributed by atoms with E-state index in [1.165, 1.54) is 11.1 Å². The van der Waals surface area contributed by atoms with Crippen molar-refractivity contribution in [3.8, 4) is 0 Å². The van der Waals surface area contributed by atoms with Crippen LogP contribution in [0.4, 0.5) is 0 Å². The zero-order valence-corrected chi connectivity index (χ0v) is 11.0. The van der Waals surface area contributed by atoms with Crippen LogP contribution in [-0.2, 0) is 16.1 Å². The van der Waals surface area contributed by atoms with Crippen LogP contribution in [0.3, 0.4) is 0 Å². The van der Waals surface area contributed by atoms with E-state index in [0.29, 0.717) is 26.3 Å². The highest BCUT2D eigenvalue weighted by Crippen LogP contribution is 2.26. The Morgan fingerprint density at radius 3 is 2.72 bits per heavy atom. The Bertz CT molecular complexity index is 448. The normalized spacial score (nSPS) is 17.1. The number of rotatable bonds is 4. The van der Waals surface area contributed by atoms with Crippen molar-refractivity contribution in [2.75, 3.05) is 19.8 Å². The molecule has 0 aliphatic carbocycles. The molecule has 3 N–H and O–H groups in total. The van der Waals surface area contributed by atoms with Gasteiger partial charge in [0.05, 0.1) is 13.2 Å². The van der Waals surface area contributed by atoms with Crippen molar-refractivity contribution in [2.24, 2.45) is 11.1 Å². The van der Waals surface area contributed by atoms with Crippen LogP contribution in [0.25, 0.3) is 0 Å². The summed E-state index contributed by atoms with van der Waals surface area (Å²) in [6, 6.07) is 6.24. The second-order valence-electron chi connectivity index (χ2n) is 5.09. The first-order valence-electron chi connectivity index (χ1n) is 6.20. The molecule has 4 heteroatoms. The summed E-state index contributed by atoms with van der Waals surface area (Å²) < 4.78 is 5.10.